The molecule has 2 amide bonds. The van der Waals surface area contributed by atoms with Gasteiger partial charge in [0.1, 0.15) is 5.75 Å². The van der Waals surface area contributed by atoms with Crippen LogP contribution in [0.15, 0.2) is 36.7 Å². The topological polar surface area (TPSA) is 99.2 Å². The summed E-state index contributed by atoms with van der Waals surface area (Å²) in [5.74, 6) is -0.887. The second-order valence-corrected chi connectivity index (χ2v) is 7.04. The van der Waals surface area contributed by atoms with Gasteiger partial charge in [-0.2, -0.15) is 5.10 Å². The Hall–Kier alpha value is -2.54. The summed E-state index contributed by atoms with van der Waals surface area (Å²) in [4.78, 5) is 24.2. The van der Waals surface area contributed by atoms with Crippen molar-refractivity contribution in [3.63, 3.8) is 0 Å². The summed E-state index contributed by atoms with van der Waals surface area (Å²) in [6.07, 6.45) is 3.88. The number of aryl methyl sites for hydroxylation is 1. The van der Waals surface area contributed by atoms with E-state index in [2.05, 4.69) is 10.4 Å². The number of hydrogen-bond acceptors (Lipinski definition) is 4. The summed E-state index contributed by atoms with van der Waals surface area (Å²) in [6, 6.07) is 6.81. The van der Waals surface area contributed by atoms with Crippen molar-refractivity contribution in [2.75, 3.05) is 6.54 Å². The summed E-state index contributed by atoms with van der Waals surface area (Å²) >= 11 is 5.93. The van der Waals surface area contributed by atoms with Crippen molar-refractivity contribution in [3.8, 4) is 5.75 Å². The molecule has 0 fully saturated rings. The van der Waals surface area contributed by atoms with Crippen LogP contribution in [0.2, 0.25) is 5.02 Å². The molecular weight excluding hydrogens is 356 g/mol. The van der Waals surface area contributed by atoms with E-state index in [-0.39, 0.29) is 12.5 Å². The van der Waals surface area contributed by atoms with E-state index in [0.717, 1.165) is 5.56 Å². The average molecular weight is 379 g/mol. The number of halogens is 1. The Labute approximate surface area is 157 Å². The van der Waals surface area contributed by atoms with Gasteiger partial charge >= 0.3 is 0 Å². The Bertz CT molecular complexity index is 788. The zero-order chi connectivity index (χ0) is 19.3. The van der Waals surface area contributed by atoms with Crippen LogP contribution in [0.25, 0.3) is 0 Å². The maximum absolute atomic E-state index is 12.5. The number of carbonyl (C=O) groups excluding carboxylic acids is 2. The number of carbonyl (C=O) groups is 2. The van der Waals surface area contributed by atoms with Crippen molar-refractivity contribution < 1.29 is 14.3 Å². The molecule has 8 heteroatoms. The number of amides is 2. The van der Waals surface area contributed by atoms with Crippen molar-refractivity contribution in [1.29, 1.82) is 0 Å². The van der Waals surface area contributed by atoms with Gasteiger partial charge in [-0.05, 0) is 44.0 Å². The first-order valence-electron chi connectivity index (χ1n) is 8.17. The van der Waals surface area contributed by atoms with Crippen LogP contribution in [0.3, 0.4) is 0 Å². The zero-order valence-electron chi connectivity index (χ0n) is 15.0. The van der Waals surface area contributed by atoms with E-state index in [4.69, 9.17) is 22.1 Å². The van der Waals surface area contributed by atoms with E-state index in [1.165, 1.54) is 0 Å². The largest absolute Gasteiger partial charge is 0.478 e. The second kappa shape index (κ2) is 8.23. The number of ether oxygens (including phenoxy) is 1. The first-order valence-corrected chi connectivity index (χ1v) is 8.55. The summed E-state index contributed by atoms with van der Waals surface area (Å²) in [7, 11) is 1.79. The Morgan fingerprint density at radius 3 is 2.73 bits per heavy atom. The third-order valence-corrected chi connectivity index (χ3v) is 4.10. The molecule has 7 nitrogen and oxygen atoms in total. The fraction of sp³-hybridized carbons (Fsp3) is 0.389. The molecule has 1 atom stereocenters. The van der Waals surface area contributed by atoms with Crippen LogP contribution in [0.1, 0.15) is 19.4 Å². The van der Waals surface area contributed by atoms with E-state index in [9.17, 15) is 9.59 Å². The van der Waals surface area contributed by atoms with Crippen molar-refractivity contribution >= 4 is 23.4 Å². The third-order valence-electron chi connectivity index (χ3n) is 3.87. The van der Waals surface area contributed by atoms with E-state index in [1.54, 1.807) is 56.0 Å². The fourth-order valence-corrected chi connectivity index (χ4v) is 2.62. The maximum atomic E-state index is 12.5. The van der Waals surface area contributed by atoms with Gasteiger partial charge in [0.25, 0.3) is 5.91 Å². The molecule has 1 aromatic carbocycles. The highest BCUT2D eigenvalue weighted by Gasteiger charge is 2.31. The fourth-order valence-electron chi connectivity index (χ4n) is 2.44. The van der Waals surface area contributed by atoms with Gasteiger partial charge in [0.2, 0.25) is 5.91 Å². The van der Waals surface area contributed by atoms with Gasteiger partial charge in [-0.3, -0.25) is 14.3 Å². The van der Waals surface area contributed by atoms with Gasteiger partial charge in [0.05, 0.1) is 12.1 Å². The monoisotopic (exact) mass is 378 g/mol. The van der Waals surface area contributed by atoms with E-state index < -0.39 is 17.4 Å². The summed E-state index contributed by atoms with van der Waals surface area (Å²) < 4.78 is 7.38. The number of nitrogens with two attached hydrogens (primary N) is 1. The lowest BCUT2D eigenvalue weighted by Crippen LogP contribution is -2.49. The minimum absolute atomic E-state index is 0.116. The molecular formula is C18H23ClN4O3. The quantitative estimate of drug-likeness (QED) is 0.730. The Kier molecular flexibility index (Phi) is 6.26. The van der Waals surface area contributed by atoms with Crippen LogP contribution in [-0.4, -0.2) is 33.7 Å². The zero-order valence-corrected chi connectivity index (χ0v) is 15.8. The van der Waals surface area contributed by atoms with Gasteiger partial charge in [-0.1, -0.05) is 17.7 Å². The minimum atomic E-state index is -1.14. The number of rotatable bonds is 8. The number of benzene rings is 1. The standard InChI is InChI=1S/C18H23ClN4O3/c1-18(2,26-15-6-4-5-14(19)8-15)17(25)21-10-13(16(20)24)7-12-9-22-23(3)11-12/h4-6,8-9,11,13H,7,10H2,1-3H3,(H2,20,24)(H,21,25)/t13-/m0/s1. The highest BCUT2D eigenvalue weighted by atomic mass is 35.5. The number of primary amides is 1. The molecule has 3 N–H and O–H groups in total. The van der Waals surface area contributed by atoms with E-state index >= 15 is 0 Å². The summed E-state index contributed by atoms with van der Waals surface area (Å²) in [6.45, 7) is 3.40. The highest BCUT2D eigenvalue weighted by molar-refractivity contribution is 6.30. The van der Waals surface area contributed by atoms with Gasteiger partial charge in [0.15, 0.2) is 5.60 Å². The van der Waals surface area contributed by atoms with Crippen LogP contribution < -0.4 is 15.8 Å². The molecule has 140 valence electrons. The molecule has 0 bridgehead atoms. The third kappa shape index (κ3) is 5.49. The van der Waals surface area contributed by atoms with Crippen molar-refractivity contribution in [3.05, 3.63) is 47.2 Å². The Morgan fingerprint density at radius 1 is 1.42 bits per heavy atom. The summed E-state index contributed by atoms with van der Waals surface area (Å²) in [5, 5.41) is 7.32. The number of nitrogens with one attached hydrogen (secondary N) is 1. The Morgan fingerprint density at radius 2 is 2.15 bits per heavy atom. The lowest BCUT2D eigenvalue weighted by atomic mass is 10.00. The van der Waals surface area contributed by atoms with Crippen LogP contribution in [0.5, 0.6) is 5.75 Å². The molecule has 0 spiro atoms. The Balaban J connectivity index is 1.96. The molecule has 2 aromatic rings. The van der Waals surface area contributed by atoms with Gasteiger partial charge < -0.3 is 15.8 Å². The van der Waals surface area contributed by atoms with Gasteiger partial charge in [-0.25, -0.2) is 0 Å². The SMILES string of the molecule is Cn1cc(C[C@@H](CNC(=O)C(C)(C)Oc2cccc(Cl)c2)C(N)=O)cn1. The lowest BCUT2D eigenvalue weighted by molar-refractivity contribution is -0.134. The molecule has 2 rings (SSSR count). The summed E-state index contributed by atoms with van der Waals surface area (Å²) in [5.41, 5.74) is 5.20. The smallest absolute Gasteiger partial charge is 0.263 e. The van der Waals surface area contributed by atoms with Crippen molar-refractivity contribution in [1.82, 2.24) is 15.1 Å². The van der Waals surface area contributed by atoms with Crippen LogP contribution in [0, 0.1) is 5.92 Å². The van der Waals surface area contributed by atoms with E-state index in [1.807, 2.05) is 6.20 Å². The first-order chi connectivity index (χ1) is 12.2. The predicted molar refractivity (Wildman–Crippen MR) is 98.8 cm³/mol. The molecule has 1 heterocycles. The first kappa shape index (κ1) is 19.8. The molecule has 0 saturated carbocycles. The maximum Gasteiger partial charge on any atom is 0.263 e. The number of hydrogen-bond donors (Lipinski definition) is 2. The predicted octanol–water partition coefficient (Wildman–Crippen LogP) is 1.69. The molecule has 26 heavy (non-hydrogen) atoms. The van der Waals surface area contributed by atoms with E-state index in [0.29, 0.717) is 17.2 Å². The molecule has 0 aliphatic heterocycles. The lowest BCUT2D eigenvalue weighted by Gasteiger charge is -2.26. The second-order valence-electron chi connectivity index (χ2n) is 6.61. The van der Waals surface area contributed by atoms with Crippen molar-refractivity contribution in [2.24, 2.45) is 18.7 Å². The van der Waals surface area contributed by atoms with Gasteiger partial charge in [-0.15, -0.1) is 0 Å². The van der Waals surface area contributed by atoms with Crippen LogP contribution in [-0.2, 0) is 23.1 Å². The molecule has 0 aliphatic carbocycles. The highest BCUT2D eigenvalue weighted by Crippen LogP contribution is 2.22. The minimum Gasteiger partial charge on any atom is -0.478 e. The molecule has 1 aromatic heterocycles. The molecule has 0 radical (unpaired) electrons. The number of nitrogens with zero attached hydrogens (tertiary/aromatic N) is 2. The normalized spacial score (nSPS) is 12.5. The molecule has 0 aliphatic rings. The van der Waals surface area contributed by atoms with Gasteiger partial charge in [0, 0.05) is 24.8 Å². The molecule has 0 unspecified atom stereocenters. The van der Waals surface area contributed by atoms with Crippen LogP contribution >= 0.6 is 11.6 Å². The molecule has 0 saturated heterocycles. The van der Waals surface area contributed by atoms with Crippen molar-refractivity contribution in [2.45, 2.75) is 25.9 Å². The average Bonchev–Trinajstić information content (AvgIpc) is 2.95. The van der Waals surface area contributed by atoms with Crippen LogP contribution in [0.4, 0.5) is 0 Å². The number of aromatic nitrogens is 2.